The van der Waals surface area contributed by atoms with Gasteiger partial charge in [0.1, 0.15) is 5.69 Å². The van der Waals surface area contributed by atoms with Crippen molar-refractivity contribution in [2.45, 2.75) is 26.3 Å². The van der Waals surface area contributed by atoms with Crippen LogP contribution in [0.15, 0.2) is 18.6 Å². The summed E-state index contributed by atoms with van der Waals surface area (Å²) < 4.78 is 0. The fourth-order valence-electron chi connectivity index (χ4n) is 1.42. The van der Waals surface area contributed by atoms with E-state index in [9.17, 15) is 4.79 Å². The number of carbonyl (C=O) groups is 1. The summed E-state index contributed by atoms with van der Waals surface area (Å²) in [6.07, 6.45) is 5.11. The van der Waals surface area contributed by atoms with Crippen molar-refractivity contribution >= 4 is 5.91 Å². The van der Waals surface area contributed by atoms with Crippen LogP contribution in [0.2, 0.25) is 0 Å². The number of hydrogen-bond acceptors (Lipinski definition) is 4. The van der Waals surface area contributed by atoms with Gasteiger partial charge in [0.2, 0.25) is 0 Å². The van der Waals surface area contributed by atoms with E-state index < -0.39 is 0 Å². The van der Waals surface area contributed by atoms with Gasteiger partial charge in [-0.3, -0.25) is 9.78 Å². The fraction of sp³-hybridized carbons (Fsp3) is 0.545. The first-order valence-corrected chi connectivity index (χ1v) is 5.31. The first-order valence-electron chi connectivity index (χ1n) is 5.31. The molecule has 16 heavy (non-hydrogen) atoms. The number of nitrogens with zero attached hydrogens (tertiary/aromatic N) is 2. The predicted molar refractivity (Wildman–Crippen MR) is 59.8 cm³/mol. The molecule has 1 aromatic rings. The molecule has 1 atom stereocenters. The number of hydrogen-bond donors (Lipinski definition) is 2. The van der Waals surface area contributed by atoms with Crippen molar-refractivity contribution in [3.63, 3.8) is 0 Å². The van der Waals surface area contributed by atoms with E-state index in [1.54, 1.807) is 0 Å². The van der Waals surface area contributed by atoms with Crippen molar-refractivity contribution in [1.29, 1.82) is 0 Å². The molecule has 88 valence electrons. The highest BCUT2D eigenvalue weighted by molar-refractivity contribution is 5.92. The average Bonchev–Trinajstić information content (AvgIpc) is 2.28. The molecule has 0 spiro atoms. The third kappa shape index (κ3) is 3.94. The fourth-order valence-corrected chi connectivity index (χ4v) is 1.42. The lowest BCUT2D eigenvalue weighted by Gasteiger charge is -2.17. The molecule has 0 aliphatic heterocycles. The first kappa shape index (κ1) is 12.6. The van der Waals surface area contributed by atoms with Gasteiger partial charge in [-0.2, -0.15) is 0 Å². The molecule has 5 heteroatoms. The first-order chi connectivity index (χ1) is 7.63. The number of nitrogens with one attached hydrogen (secondary N) is 1. The van der Waals surface area contributed by atoms with Crippen LogP contribution in [-0.2, 0) is 0 Å². The Bertz CT molecular complexity index is 327. The summed E-state index contributed by atoms with van der Waals surface area (Å²) in [5.41, 5.74) is 0.268. The Morgan fingerprint density at radius 1 is 1.50 bits per heavy atom. The Morgan fingerprint density at radius 2 is 2.25 bits per heavy atom. The second-order valence-electron chi connectivity index (χ2n) is 4.07. The van der Waals surface area contributed by atoms with Crippen LogP contribution in [0.3, 0.4) is 0 Å². The third-order valence-corrected chi connectivity index (χ3v) is 2.11. The topological polar surface area (TPSA) is 75.1 Å². The molecule has 0 aromatic carbocycles. The van der Waals surface area contributed by atoms with Gasteiger partial charge in [0.15, 0.2) is 0 Å². The number of aromatic nitrogens is 2. The number of amides is 1. The molecule has 1 aromatic heterocycles. The molecule has 1 heterocycles. The van der Waals surface area contributed by atoms with E-state index in [0.29, 0.717) is 5.92 Å². The molecule has 1 rings (SSSR count). The van der Waals surface area contributed by atoms with Crippen LogP contribution in [0, 0.1) is 5.92 Å². The lowest BCUT2D eigenvalue weighted by Crippen LogP contribution is -2.38. The maximum atomic E-state index is 11.7. The monoisotopic (exact) mass is 223 g/mol. The van der Waals surface area contributed by atoms with Crippen LogP contribution in [0.4, 0.5) is 0 Å². The molecule has 5 nitrogen and oxygen atoms in total. The Balaban J connectivity index is 2.56. The van der Waals surface area contributed by atoms with Crippen LogP contribution in [0.5, 0.6) is 0 Å². The molecule has 0 aliphatic rings. The quantitative estimate of drug-likeness (QED) is 0.767. The standard InChI is InChI=1S/C11H17N3O2/c1-8(2)5-9(7-15)14-11(16)10-6-12-3-4-13-10/h3-4,6,8-9,15H,5,7H2,1-2H3,(H,14,16)/t9-/m0/s1. The van der Waals surface area contributed by atoms with E-state index in [-0.39, 0.29) is 24.2 Å². The highest BCUT2D eigenvalue weighted by Gasteiger charge is 2.14. The van der Waals surface area contributed by atoms with Gasteiger partial charge in [-0.15, -0.1) is 0 Å². The summed E-state index contributed by atoms with van der Waals surface area (Å²) in [6.45, 7) is 4.01. The highest BCUT2D eigenvalue weighted by Crippen LogP contribution is 2.04. The van der Waals surface area contributed by atoms with Crippen LogP contribution < -0.4 is 5.32 Å². The van der Waals surface area contributed by atoms with E-state index in [4.69, 9.17) is 5.11 Å². The van der Waals surface area contributed by atoms with Crippen molar-refractivity contribution in [2.24, 2.45) is 5.92 Å². The van der Waals surface area contributed by atoms with Crippen LogP contribution >= 0.6 is 0 Å². The Kier molecular flexibility index (Phi) is 4.85. The second kappa shape index (κ2) is 6.17. The lowest BCUT2D eigenvalue weighted by molar-refractivity contribution is 0.0903. The predicted octanol–water partition coefficient (Wildman–Crippen LogP) is 0.613. The minimum atomic E-state index is -0.298. The Labute approximate surface area is 94.9 Å². The molecule has 0 saturated heterocycles. The molecule has 0 unspecified atom stereocenters. The molecule has 0 aliphatic carbocycles. The number of aliphatic hydroxyl groups is 1. The summed E-state index contributed by atoms with van der Waals surface area (Å²) in [5, 5.41) is 11.8. The van der Waals surface area contributed by atoms with Gasteiger partial charge < -0.3 is 10.4 Å². The van der Waals surface area contributed by atoms with Crippen molar-refractivity contribution in [1.82, 2.24) is 15.3 Å². The number of carbonyl (C=O) groups excluding carboxylic acids is 1. The van der Waals surface area contributed by atoms with Crippen molar-refractivity contribution in [2.75, 3.05) is 6.61 Å². The van der Waals surface area contributed by atoms with Gasteiger partial charge in [-0.25, -0.2) is 4.98 Å². The summed E-state index contributed by atoms with van der Waals surface area (Å²) in [6, 6.07) is -0.227. The molecule has 1 amide bonds. The summed E-state index contributed by atoms with van der Waals surface area (Å²) in [5.74, 6) is 0.118. The van der Waals surface area contributed by atoms with E-state index >= 15 is 0 Å². The molecular weight excluding hydrogens is 206 g/mol. The minimum Gasteiger partial charge on any atom is -0.394 e. The molecule has 0 bridgehead atoms. The maximum Gasteiger partial charge on any atom is 0.271 e. The SMILES string of the molecule is CC(C)C[C@@H](CO)NC(=O)c1cnccn1. The number of rotatable bonds is 5. The van der Waals surface area contributed by atoms with Crippen LogP contribution in [0.1, 0.15) is 30.8 Å². The zero-order valence-electron chi connectivity index (χ0n) is 9.55. The number of aliphatic hydroxyl groups excluding tert-OH is 1. The van der Waals surface area contributed by atoms with E-state index in [2.05, 4.69) is 15.3 Å². The Morgan fingerprint density at radius 3 is 2.75 bits per heavy atom. The van der Waals surface area contributed by atoms with E-state index in [1.165, 1.54) is 18.6 Å². The smallest absolute Gasteiger partial charge is 0.271 e. The van der Waals surface area contributed by atoms with Gasteiger partial charge >= 0.3 is 0 Å². The van der Waals surface area contributed by atoms with Gasteiger partial charge in [-0.05, 0) is 12.3 Å². The van der Waals surface area contributed by atoms with Gasteiger partial charge in [0.05, 0.1) is 18.8 Å². The van der Waals surface area contributed by atoms with Gasteiger partial charge in [0.25, 0.3) is 5.91 Å². The van der Waals surface area contributed by atoms with Crippen molar-refractivity contribution in [3.8, 4) is 0 Å². The van der Waals surface area contributed by atoms with E-state index in [1.807, 2.05) is 13.8 Å². The minimum absolute atomic E-state index is 0.0653. The second-order valence-corrected chi connectivity index (χ2v) is 4.07. The lowest BCUT2D eigenvalue weighted by atomic mass is 10.0. The molecule has 2 N–H and O–H groups in total. The summed E-state index contributed by atoms with van der Waals surface area (Å²) in [7, 11) is 0. The zero-order chi connectivity index (χ0) is 12.0. The maximum absolute atomic E-state index is 11.7. The normalized spacial score (nSPS) is 12.5. The average molecular weight is 223 g/mol. The molecule has 0 fully saturated rings. The van der Waals surface area contributed by atoms with Gasteiger partial charge in [-0.1, -0.05) is 13.8 Å². The summed E-state index contributed by atoms with van der Waals surface area (Å²) >= 11 is 0. The molecule has 0 saturated carbocycles. The van der Waals surface area contributed by atoms with E-state index in [0.717, 1.165) is 6.42 Å². The molecule has 0 radical (unpaired) electrons. The summed E-state index contributed by atoms with van der Waals surface area (Å²) in [4.78, 5) is 19.4. The Hall–Kier alpha value is -1.49. The highest BCUT2D eigenvalue weighted by atomic mass is 16.3. The van der Waals surface area contributed by atoms with Crippen LogP contribution in [0.25, 0.3) is 0 Å². The molecular formula is C11H17N3O2. The zero-order valence-corrected chi connectivity index (χ0v) is 9.55. The van der Waals surface area contributed by atoms with Gasteiger partial charge in [0, 0.05) is 12.4 Å². The van der Waals surface area contributed by atoms with Crippen molar-refractivity contribution < 1.29 is 9.90 Å². The van der Waals surface area contributed by atoms with Crippen molar-refractivity contribution in [3.05, 3.63) is 24.3 Å². The third-order valence-electron chi connectivity index (χ3n) is 2.11. The largest absolute Gasteiger partial charge is 0.394 e. The van der Waals surface area contributed by atoms with Crippen LogP contribution in [-0.4, -0.2) is 33.6 Å².